The molecule has 2 aromatic rings. The minimum Gasteiger partial charge on any atom is -0.485 e. The first kappa shape index (κ1) is 14.7. The van der Waals surface area contributed by atoms with Crippen molar-refractivity contribution in [3.05, 3.63) is 49.4 Å². The highest BCUT2D eigenvalue weighted by Crippen LogP contribution is 2.29. The highest BCUT2D eigenvalue weighted by molar-refractivity contribution is 7.09. The molecule has 106 valence electrons. The molecule has 0 saturated carbocycles. The molecule has 0 spiro atoms. The second-order valence-electron chi connectivity index (χ2n) is 4.14. The van der Waals surface area contributed by atoms with Crippen molar-refractivity contribution in [1.82, 2.24) is 4.98 Å². The van der Waals surface area contributed by atoms with E-state index in [9.17, 15) is 10.1 Å². The number of nitro groups is 1. The SMILES string of the molecule is CCCc1nc(COc2cc([N+](=O)[O-])ccc2Cl)cs1. The molecule has 20 heavy (non-hydrogen) atoms. The van der Waals surface area contributed by atoms with E-state index in [1.807, 2.05) is 5.38 Å². The average molecular weight is 313 g/mol. The maximum absolute atomic E-state index is 10.7. The van der Waals surface area contributed by atoms with Gasteiger partial charge in [-0.3, -0.25) is 10.1 Å². The lowest BCUT2D eigenvalue weighted by Crippen LogP contribution is -1.98. The molecule has 0 unspecified atom stereocenters. The molecule has 1 aromatic carbocycles. The zero-order valence-electron chi connectivity index (χ0n) is 10.8. The lowest BCUT2D eigenvalue weighted by Gasteiger charge is -2.06. The van der Waals surface area contributed by atoms with E-state index in [0.29, 0.717) is 10.8 Å². The van der Waals surface area contributed by atoms with Crippen LogP contribution < -0.4 is 4.74 Å². The molecule has 2 rings (SSSR count). The van der Waals surface area contributed by atoms with Crippen LogP contribution in [0.15, 0.2) is 23.6 Å². The van der Waals surface area contributed by atoms with Crippen LogP contribution in [-0.4, -0.2) is 9.91 Å². The molecule has 1 aromatic heterocycles. The predicted octanol–water partition coefficient (Wildman–Crippen LogP) is 4.24. The van der Waals surface area contributed by atoms with Gasteiger partial charge in [0.25, 0.3) is 5.69 Å². The number of rotatable bonds is 6. The molecular weight excluding hydrogens is 300 g/mol. The largest absolute Gasteiger partial charge is 0.485 e. The lowest BCUT2D eigenvalue weighted by atomic mass is 10.3. The number of aryl methyl sites for hydroxylation is 1. The van der Waals surface area contributed by atoms with Crippen molar-refractivity contribution in [2.75, 3.05) is 0 Å². The second-order valence-corrected chi connectivity index (χ2v) is 5.49. The van der Waals surface area contributed by atoms with Gasteiger partial charge in [0.2, 0.25) is 0 Å². The van der Waals surface area contributed by atoms with Gasteiger partial charge in [0.15, 0.2) is 0 Å². The highest BCUT2D eigenvalue weighted by atomic mass is 35.5. The molecule has 0 amide bonds. The number of hydrogen-bond acceptors (Lipinski definition) is 5. The Kier molecular flexibility index (Phi) is 4.92. The van der Waals surface area contributed by atoms with Crippen LogP contribution in [0.1, 0.15) is 24.0 Å². The first-order valence-electron chi connectivity index (χ1n) is 6.10. The van der Waals surface area contributed by atoms with Gasteiger partial charge in [0.1, 0.15) is 12.4 Å². The first-order chi connectivity index (χ1) is 9.60. The highest BCUT2D eigenvalue weighted by Gasteiger charge is 2.11. The Bertz CT molecular complexity index is 615. The normalized spacial score (nSPS) is 10.5. The Morgan fingerprint density at radius 1 is 1.50 bits per heavy atom. The molecule has 0 saturated heterocycles. The fraction of sp³-hybridized carbons (Fsp3) is 0.308. The summed E-state index contributed by atoms with van der Waals surface area (Å²) >= 11 is 7.55. The molecule has 0 aliphatic heterocycles. The summed E-state index contributed by atoms with van der Waals surface area (Å²) < 4.78 is 5.51. The van der Waals surface area contributed by atoms with Gasteiger partial charge in [-0.1, -0.05) is 18.5 Å². The summed E-state index contributed by atoms with van der Waals surface area (Å²) in [5.41, 5.74) is 0.760. The second kappa shape index (κ2) is 6.67. The van der Waals surface area contributed by atoms with E-state index in [0.717, 1.165) is 23.5 Å². The van der Waals surface area contributed by atoms with Gasteiger partial charge in [0.05, 0.1) is 26.7 Å². The van der Waals surface area contributed by atoms with Gasteiger partial charge in [-0.25, -0.2) is 4.98 Å². The quantitative estimate of drug-likeness (QED) is 0.591. The summed E-state index contributed by atoms with van der Waals surface area (Å²) in [7, 11) is 0. The van der Waals surface area contributed by atoms with Crippen molar-refractivity contribution in [3.8, 4) is 5.75 Å². The summed E-state index contributed by atoms with van der Waals surface area (Å²) in [5, 5.41) is 14.0. The van der Waals surface area contributed by atoms with E-state index >= 15 is 0 Å². The molecule has 5 nitrogen and oxygen atoms in total. The minimum atomic E-state index is -0.481. The smallest absolute Gasteiger partial charge is 0.273 e. The topological polar surface area (TPSA) is 65.3 Å². The summed E-state index contributed by atoms with van der Waals surface area (Å²) in [6.45, 7) is 2.35. The Labute approximate surface area is 125 Å². The third-order valence-electron chi connectivity index (χ3n) is 2.56. The Morgan fingerprint density at radius 2 is 2.30 bits per heavy atom. The van der Waals surface area contributed by atoms with Gasteiger partial charge in [-0.2, -0.15) is 0 Å². The van der Waals surface area contributed by atoms with Crippen molar-refractivity contribution in [1.29, 1.82) is 0 Å². The molecule has 1 heterocycles. The average Bonchev–Trinajstić information content (AvgIpc) is 2.86. The van der Waals surface area contributed by atoms with E-state index in [2.05, 4.69) is 11.9 Å². The van der Waals surface area contributed by atoms with Gasteiger partial charge in [0, 0.05) is 11.4 Å². The van der Waals surface area contributed by atoms with E-state index < -0.39 is 4.92 Å². The number of non-ortho nitro benzene ring substituents is 1. The van der Waals surface area contributed by atoms with Crippen LogP contribution >= 0.6 is 22.9 Å². The fourth-order valence-electron chi connectivity index (χ4n) is 1.61. The van der Waals surface area contributed by atoms with Crippen molar-refractivity contribution in [2.45, 2.75) is 26.4 Å². The van der Waals surface area contributed by atoms with Crippen LogP contribution in [0.3, 0.4) is 0 Å². The van der Waals surface area contributed by atoms with E-state index in [4.69, 9.17) is 16.3 Å². The molecule has 0 bridgehead atoms. The van der Waals surface area contributed by atoms with Crippen LogP contribution in [-0.2, 0) is 13.0 Å². The number of aromatic nitrogens is 1. The van der Waals surface area contributed by atoms with Crippen LogP contribution in [0.25, 0.3) is 0 Å². The lowest BCUT2D eigenvalue weighted by molar-refractivity contribution is -0.384. The van der Waals surface area contributed by atoms with Crippen LogP contribution in [0, 0.1) is 10.1 Å². The summed E-state index contributed by atoms with van der Waals surface area (Å²) in [5.74, 6) is 0.297. The maximum atomic E-state index is 10.7. The standard InChI is InChI=1S/C13H13ClN2O3S/c1-2-3-13-15-9(8-20-13)7-19-12-6-10(16(17)18)4-5-11(12)14/h4-6,8H,2-3,7H2,1H3. The molecule has 0 aliphatic carbocycles. The molecule has 0 atom stereocenters. The first-order valence-corrected chi connectivity index (χ1v) is 7.36. The van der Waals surface area contributed by atoms with Gasteiger partial charge in [-0.05, 0) is 18.9 Å². The van der Waals surface area contributed by atoms with Crippen LogP contribution in [0.2, 0.25) is 5.02 Å². The monoisotopic (exact) mass is 312 g/mol. The number of hydrogen-bond donors (Lipinski definition) is 0. The molecular formula is C13H13ClN2O3S. The number of nitrogens with zero attached hydrogens (tertiary/aromatic N) is 2. The number of benzene rings is 1. The van der Waals surface area contributed by atoms with E-state index in [1.54, 1.807) is 11.3 Å². The number of nitro benzene ring substituents is 1. The molecule has 0 fully saturated rings. The molecule has 7 heteroatoms. The number of halogens is 1. The van der Waals surface area contributed by atoms with Crippen molar-refractivity contribution in [3.63, 3.8) is 0 Å². The summed E-state index contributed by atoms with van der Waals surface area (Å²) in [6, 6.07) is 4.12. The Morgan fingerprint density at radius 3 is 3.00 bits per heavy atom. The number of ether oxygens (including phenoxy) is 1. The third-order valence-corrected chi connectivity index (χ3v) is 3.83. The summed E-state index contributed by atoms with van der Waals surface area (Å²) in [6.07, 6.45) is 1.99. The van der Waals surface area contributed by atoms with Crippen molar-refractivity contribution < 1.29 is 9.66 Å². The molecule has 0 N–H and O–H groups in total. The maximum Gasteiger partial charge on any atom is 0.273 e. The molecule has 0 radical (unpaired) electrons. The number of thiazole rings is 1. The van der Waals surface area contributed by atoms with Crippen molar-refractivity contribution in [2.24, 2.45) is 0 Å². The van der Waals surface area contributed by atoms with Gasteiger partial charge in [-0.15, -0.1) is 11.3 Å². The zero-order chi connectivity index (χ0) is 14.5. The van der Waals surface area contributed by atoms with Crippen LogP contribution in [0.4, 0.5) is 5.69 Å². The third kappa shape index (κ3) is 3.68. The summed E-state index contributed by atoms with van der Waals surface area (Å²) in [4.78, 5) is 14.6. The van der Waals surface area contributed by atoms with Gasteiger partial charge >= 0.3 is 0 Å². The zero-order valence-corrected chi connectivity index (χ0v) is 12.4. The minimum absolute atomic E-state index is 0.0469. The van der Waals surface area contributed by atoms with Gasteiger partial charge < -0.3 is 4.74 Å². The fourth-order valence-corrected chi connectivity index (χ4v) is 2.67. The Hall–Kier alpha value is -1.66. The molecule has 0 aliphatic rings. The predicted molar refractivity (Wildman–Crippen MR) is 78.5 cm³/mol. The van der Waals surface area contributed by atoms with Crippen molar-refractivity contribution >= 4 is 28.6 Å². The van der Waals surface area contributed by atoms with E-state index in [1.165, 1.54) is 18.2 Å². The van der Waals surface area contributed by atoms with E-state index in [-0.39, 0.29) is 12.3 Å². The van der Waals surface area contributed by atoms with Crippen LogP contribution in [0.5, 0.6) is 5.75 Å². The Balaban J connectivity index is 2.05.